The third kappa shape index (κ3) is 7.34. The monoisotopic (exact) mass is 452 g/mol. The van der Waals surface area contributed by atoms with Gasteiger partial charge in [-0.25, -0.2) is 4.79 Å². The van der Waals surface area contributed by atoms with Gasteiger partial charge < -0.3 is 26.0 Å². The first-order chi connectivity index (χ1) is 15.9. The Balaban J connectivity index is 1.52. The third-order valence-electron chi connectivity index (χ3n) is 5.29. The van der Waals surface area contributed by atoms with E-state index in [1.165, 1.54) is 0 Å². The Hall–Kier alpha value is -3.88. The second kappa shape index (κ2) is 11.7. The molecule has 2 aromatic carbocycles. The molecule has 0 radical (unpaired) electrons. The van der Waals surface area contributed by atoms with Crippen LogP contribution in [0.1, 0.15) is 36.8 Å². The van der Waals surface area contributed by atoms with E-state index in [0.717, 1.165) is 23.2 Å². The predicted octanol–water partition coefficient (Wildman–Crippen LogP) is 1.99. The van der Waals surface area contributed by atoms with Crippen LogP contribution in [0.2, 0.25) is 0 Å². The molecule has 1 fully saturated rings. The highest BCUT2D eigenvalue weighted by molar-refractivity contribution is 5.95. The lowest BCUT2D eigenvalue weighted by atomic mass is 10.1. The van der Waals surface area contributed by atoms with Crippen molar-refractivity contribution >= 4 is 29.5 Å². The molecule has 1 aliphatic heterocycles. The van der Waals surface area contributed by atoms with Crippen LogP contribution in [-0.2, 0) is 32.3 Å². The Morgan fingerprint density at radius 1 is 1.03 bits per heavy atom. The highest BCUT2D eigenvalue weighted by Gasteiger charge is 2.23. The average Bonchev–Trinajstić information content (AvgIpc) is 3.25. The van der Waals surface area contributed by atoms with Gasteiger partial charge in [-0.15, -0.1) is 0 Å². The fourth-order valence-corrected chi connectivity index (χ4v) is 3.49. The fraction of sp³-hybridized carbons (Fsp3) is 0.333. The molecule has 9 nitrogen and oxygen atoms in total. The first kappa shape index (κ1) is 23.8. The topological polar surface area (TPSA) is 131 Å². The van der Waals surface area contributed by atoms with Crippen molar-refractivity contribution in [3.05, 3.63) is 65.7 Å². The molecule has 0 aliphatic carbocycles. The molecule has 4 amide bonds. The Labute approximate surface area is 192 Å². The van der Waals surface area contributed by atoms with E-state index in [1.54, 1.807) is 4.90 Å². The van der Waals surface area contributed by atoms with Crippen molar-refractivity contribution in [2.75, 3.05) is 11.4 Å². The molecular formula is C24H28N4O5. The molecule has 174 valence electrons. The molecule has 0 saturated carbocycles. The number of carbonyl (C=O) groups excluding carboxylic acids is 4. The van der Waals surface area contributed by atoms with Crippen LogP contribution in [0.25, 0.3) is 0 Å². The Kier molecular flexibility index (Phi) is 8.40. The maximum Gasteiger partial charge on any atom is 0.408 e. The quantitative estimate of drug-likeness (QED) is 0.507. The molecular weight excluding hydrogens is 424 g/mol. The van der Waals surface area contributed by atoms with Crippen LogP contribution >= 0.6 is 0 Å². The molecule has 0 spiro atoms. The minimum Gasteiger partial charge on any atom is -0.445 e. The summed E-state index contributed by atoms with van der Waals surface area (Å²) in [6.45, 7) is 0.992. The summed E-state index contributed by atoms with van der Waals surface area (Å²) in [5.41, 5.74) is 7.68. The molecule has 0 bridgehead atoms. The number of anilines is 1. The van der Waals surface area contributed by atoms with Crippen molar-refractivity contribution in [3.8, 4) is 0 Å². The highest BCUT2D eigenvalue weighted by atomic mass is 16.5. The maximum atomic E-state index is 12.7. The number of nitrogens with one attached hydrogen (secondary N) is 2. The molecule has 4 N–H and O–H groups in total. The number of primary amides is 1. The van der Waals surface area contributed by atoms with E-state index in [0.29, 0.717) is 13.0 Å². The van der Waals surface area contributed by atoms with Crippen LogP contribution < -0.4 is 21.3 Å². The van der Waals surface area contributed by atoms with Gasteiger partial charge in [0.25, 0.3) is 0 Å². The lowest BCUT2D eigenvalue weighted by Crippen LogP contribution is -2.47. The number of nitrogens with two attached hydrogens (primary N) is 1. The molecule has 3 rings (SSSR count). The van der Waals surface area contributed by atoms with Gasteiger partial charge in [0, 0.05) is 31.6 Å². The standard InChI is InChI=1S/C24H28N4O5/c25-21(29)13-12-20(27-24(32)33-16-18-5-2-1-3-6-18)23(31)26-15-17-8-10-19(11-9-17)28-14-4-7-22(28)30/h1-3,5-6,8-11,20H,4,7,12-16H2,(H2,25,29)(H,26,31)(H,27,32)/t20-/m0/s1. The summed E-state index contributed by atoms with van der Waals surface area (Å²) in [5, 5.41) is 5.26. The number of rotatable bonds is 10. The van der Waals surface area contributed by atoms with Gasteiger partial charge in [-0.2, -0.15) is 0 Å². The van der Waals surface area contributed by atoms with Gasteiger partial charge in [0.05, 0.1) is 0 Å². The SMILES string of the molecule is NC(=O)CC[C@H](NC(=O)OCc1ccccc1)C(=O)NCc1ccc(N2CCCC2=O)cc1. The second-order valence-corrected chi connectivity index (χ2v) is 7.80. The average molecular weight is 453 g/mol. The van der Waals surface area contributed by atoms with Gasteiger partial charge in [-0.1, -0.05) is 42.5 Å². The molecule has 1 atom stereocenters. The van der Waals surface area contributed by atoms with Crippen molar-refractivity contribution in [2.24, 2.45) is 5.73 Å². The van der Waals surface area contributed by atoms with E-state index in [4.69, 9.17) is 10.5 Å². The summed E-state index contributed by atoms with van der Waals surface area (Å²) in [7, 11) is 0. The van der Waals surface area contributed by atoms with Crippen molar-refractivity contribution in [1.82, 2.24) is 10.6 Å². The zero-order valence-electron chi connectivity index (χ0n) is 18.3. The zero-order valence-corrected chi connectivity index (χ0v) is 18.3. The van der Waals surface area contributed by atoms with Crippen LogP contribution in [-0.4, -0.2) is 36.4 Å². The summed E-state index contributed by atoms with van der Waals surface area (Å²) in [6.07, 6.45) is 0.644. The largest absolute Gasteiger partial charge is 0.445 e. The van der Waals surface area contributed by atoms with Crippen LogP contribution in [0.15, 0.2) is 54.6 Å². The maximum absolute atomic E-state index is 12.7. The number of alkyl carbamates (subject to hydrolysis) is 1. The minimum absolute atomic E-state index is 0.0532. The summed E-state index contributed by atoms with van der Waals surface area (Å²) < 4.78 is 5.17. The number of carbonyl (C=O) groups is 4. The number of amides is 4. The van der Waals surface area contributed by atoms with Gasteiger partial charge in [0.1, 0.15) is 12.6 Å². The first-order valence-electron chi connectivity index (χ1n) is 10.8. The Morgan fingerprint density at radius 2 is 1.76 bits per heavy atom. The normalized spacial score (nSPS) is 13.9. The third-order valence-corrected chi connectivity index (χ3v) is 5.29. The van der Waals surface area contributed by atoms with Gasteiger partial charge in [-0.05, 0) is 36.1 Å². The fourth-order valence-electron chi connectivity index (χ4n) is 3.49. The van der Waals surface area contributed by atoms with Crippen LogP contribution in [0.3, 0.4) is 0 Å². The molecule has 0 aromatic heterocycles. The summed E-state index contributed by atoms with van der Waals surface area (Å²) in [5.74, 6) is -0.912. The Morgan fingerprint density at radius 3 is 2.39 bits per heavy atom. The van der Waals surface area contributed by atoms with Crippen LogP contribution in [0, 0.1) is 0 Å². The lowest BCUT2D eigenvalue weighted by Gasteiger charge is -2.18. The number of nitrogens with zero attached hydrogens (tertiary/aromatic N) is 1. The van der Waals surface area contributed by atoms with Gasteiger partial charge in [-0.3, -0.25) is 14.4 Å². The van der Waals surface area contributed by atoms with Crippen molar-refractivity contribution in [3.63, 3.8) is 0 Å². The zero-order chi connectivity index (χ0) is 23.6. The van der Waals surface area contributed by atoms with Gasteiger partial charge in [0.15, 0.2) is 0 Å². The molecule has 1 aliphatic rings. The first-order valence-corrected chi connectivity index (χ1v) is 10.8. The second-order valence-electron chi connectivity index (χ2n) is 7.80. The van der Waals surface area contributed by atoms with E-state index in [1.807, 2.05) is 54.6 Å². The van der Waals surface area contributed by atoms with Crippen LogP contribution in [0.4, 0.5) is 10.5 Å². The number of hydrogen-bond acceptors (Lipinski definition) is 5. The van der Waals surface area contributed by atoms with E-state index >= 15 is 0 Å². The molecule has 9 heteroatoms. The number of hydrogen-bond donors (Lipinski definition) is 3. The smallest absolute Gasteiger partial charge is 0.408 e. The number of ether oxygens (including phenoxy) is 1. The van der Waals surface area contributed by atoms with E-state index in [2.05, 4.69) is 10.6 Å². The predicted molar refractivity (Wildman–Crippen MR) is 122 cm³/mol. The van der Waals surface area contributed by atoms with E-state index < -0.39 is 23.9 Å². The summed E-state index contributed by atoms with van der Waals surface area (Å²) >= 11 is 0. The molecule has 33 heavy (non-hydrogen) atoms. The van der Waals surface area contributed by atoms with Crippen molar-refractivity contribution < 1.29 is 23.9 Å². The van der Waals surface area contributed by atoms with E-state index in [-0.39, 0.29) is 31.9 Å². The molecule has 0 unspecified atom stereocenters. The summed E-state index contributed by atoms with van der Waals surface area (Å²) in [4.78, 5) is 49.6. The van der Waals surface area contributed by atoms with Crippen molar-refractivity contribution in [1.29, 1.82) is 0 Å². The lowest BCUT2D eigenvalue weighted by molar-refractivity contribution is -0.124. The molecule has 1 heterocycles. The minimum atomic E-state index is -0.970. The molecule has 2 aromatic rings. The highest BCUT2D eigenvalue weighted by Crippen LogP contribution is 2.21. The van der Waals surface area contributed by atoms with Gasteiger partial charge >= 0.3 is 6.09 Å². The van der Waals surface area contributed by atoms with Crippen molar-refractivity contribution in [2.45, 2.75) is 44.9 Å². The van der Waals surface area contributed by atoms with E-state index in [9.17, 15) is 19.2 Å². The van der Waals surface area contributed by atoms with Crippen LogP contribution in [0.5, 0.6) is 0 Å². The molecule has 1 saturated heterocycles. The number of benzene rings is 2. The van der Waals surface area contributed by atoms with Gasteiger partial charge in [0.2, 0.25) is 17.7 Å². The summed E-state index contributed by atoms with van der Waals surface area (Å²) in [6, 6.07) is 15.5. The Bertz CT molecular complexity index is 978.